The smallest absolute Gasteiger partial charge is 0.317 e. The molecule has 1 aliphatic heterocycles. The van der Waals surface area contributed by atoms with Gasteiger partial charge in [0.2, 0.25) is 0 Å². The van der Waals surface area contributed by atoms with Crippen LogP contribution in [0.25, 0.3) is 11.3 Å². The van der Waals surface area contributed by atoms with Crippen LogP contribution < -0.4 is 11.1 Å². The summed E-state index contributed by atoms with van der Waals surface area (Å²) in [5, 5.41) is 6.95. The summed E-state index contributed by atoms with van der Waals surface area (Å²) in [6, 6.07) is 21.8. The number of hydrogen-bond donors (Lipinski definition) is 2. The Bertz CT molecular complexity index is 959. The summed E-state index contributed by atoms with van der Waals surface area (Å²) in [5.41, 5.74) is 8.41. The molecule has 170 valence electrons. The first kappa shape index (κ1) is 23.5. The molecule has 1 aromatic heterocycles. The fourth-order valence-electron chi connectivity index (χ4n) is 3.89. The van der Waals surface area contributed by atoms with Crippen molar-refractivity contribution in [2.75, 3.05) is 38.7 Å². The summed E-state index contributed by atoms with van der Waals surface area (Å²) < 4.78 is 6.80. The average Bonchev–Trinajstić information content (AvgIpc) is 3.46. The van der Waals surface area contributed by atoms with E-state index in [9.17, 15) is 4.79 Å². The fraction of sp³-hybridized carbons (Fsp3) is 0.360. The van der Waals surface area contributed by atoms with Crippen molar-refractivity contribution in [2.24, 2.45) is 5.73 Å². The Balaban J connectivity index is 0.000000182. The molecular formula is C25H33N5O2. The monoisotopic (exact) mass is 435 g/mol. The number of hydrogen-bond acceptors (Lipinski definition) is 4. The molecule has 0 unspecified atom stereocenters. The molecule has 2 heterocycles. The number of amides is 2. The average molecular weight is 436 g/mol. The highest BCUT2D eigenvalue weighted by Gasteiger charge is 2.22. The third kappa shape index (κ3) is 6.67. The Kier molecular flexibility index (Phi) is 8.83. The van der Waals surface area contributed by atoms with Crippen LogP contribution in [0.1, 0.15) is 24.8 Å². The predicted molar refractivity (Wildman–Crippen MR) is 129 cm³/mol. The second-order valence-corrected chi connectivity index (χ2v) is 7.78. The van der Waals surface area contributed by atoms with Gasteiger partial charge in [0.05, 0.1) is 12.3 Å². The quantitative estimate of drug-likeness (QED) is 0.583. The summed E-state index contributed by atoms with van der Waals surface area (Å²) in [4.78, 5) is 13.3. The van der Waals surface area contributed by atoms with Crippen LogP contribution in [0.3, 0.4) is 0 Å². The van der Waals surface area contributed by atoms with Gasteiger partial charge in [-0.05, 0) is 31.4 Å². The van der Waals surface area contributed by atoms with E-state index in [0.717, 1.165) is 30.3 Å². The molecule has 1 atom stereocenters. The third-order valence-electron chi connectivity index (χ3n) is 5.56. The molecule has 1 aliphatic rings. The molecule has 2 aromatic carbocycles. The van der Waals surface area contributed by atoms with E-state index < -0.39 is 6.03 Å². The van der Waals surface area contributed by atoms with Crippen LogP contribution in [0.2, 0.25) is 0 Å². The lowest BCUT2D eigenvalue weighted by Gasteiger charge is -2.15. The van der Waals surface area contributed by atoms with Crippen molar-refractivity contribution in [2.45, 2.75) is 25.8 Å². The molecule has 1 fully saturated rings. The van der Waals surface area contributed by atoms with E-state index >= 15 is 0 Å². The second kappa shape index (κ2) is 12.0. The number of likely N-dealkylation sites (tertiary alicyclic amines) is 1. The number of carbonyl (C=O) groups excluding carboxylic acids is 1. The number of methoxy groups -OCH3 is 1. The van der Waals surface area contributed by atoms with Gasteiger partial charge in [0.15, 0.2) is 0 Å². The van der Waals surface area contributed by atoms with Crippen molar-refractivity contribution in [1.29, 1.82) is 0 Å². The summed E-state index contributed by atoms with van der Waals surface area (Å²) in [7, 11) is 1.77. The Morgan fingerprint density at radius 3 is 2.47 bits per heavy atom. The first-order chi connectivity index (χ1) is 15.6. The van der Waals surface area contributed by atoms with Gasteiger partial charge in [0.1, 0.15) is 5.82 Å². The number of aromatic nitrogens is 2. The number of nitrogens with one attached hydrogen (secondary N) is 1. The summed E-state index contributed by atoms with van der Waals surface area (Å²) in [5.74, 6) is 1.34. The Hall–Kier alpha value is -3.16. The molecule has 0 radical (unpaired) electrons. The largest absolute Gasteiger partial charge is 0.383 e. The number of urea groups is 1. The van der Waals surface area contributed by atoms with Crippen molar-refractivity contribution in [3.63, 3.8) is 0 Å². The maximum absolute atomic E-state index is 10.9. The van der Waals surface area contributed by atoms with Gasteiger partial charge in [-0.25, -0.2) is 9.48 Å². The number of ether oxygens (including phenoxy) is 1. The number of anilines is 1. The molecule has 3 N–H and O–H groups in total. The number of benzene rings is 2. The Labute approximate surface area is 190 Å². The Morgan fingerprint density at radius 1 is 1.16 bits per heavy atom. The van der Waals surface area contributed by atoms with Crippen molar-refractivity contribution >= 4 is 11.8 Å². The number of carbonyl (C=O) groups is 1. The van der Waals surface area contributed by atoms with E-state index in [4.69, 9.17) is 10.5 Å². The molecule has 7 heteroatoms. The maximum atomic E-state index is 10.9. The first-order valence-corrected chi connectivity index (χ1v) is 11.1. The lowest BCUT2D eigenvalue weighted by atomic mass is 9.99. The van der Waals surface area contributed by atoms with E-state index in [2.05, 4.69) is 45.6 Å². The van der Waals surface area contributed by atoms with Gasteiger partial charge in [-0.1, -0.05) is 60.7 Å². The second-order valence-electron chi connectivity index (χ2n) is 7.78. The van der Waals surface area contributed by atoms with Crippen LogP contribution in [-0.4, -0.2) is 54.1 Å². The van der Waals surface area contributed by atoms with Crippen LogP contribution in [-0.2, 0) is 11.3 Å². The minimum atomic E-state index is -0.584. The van der Waals surface area contributed by atoms with Gasteiger partial charge in [0.25, 0.3) is 0 Å². The van der Waals surface area contributed by atoms with Crippen molar-refractivity contribution in [3.05, 3.63) is 72.3 Å². The summed E-state index contributed by atoms with van der Waals surface area (Å²) in [6.07, 6.45) is 1.29. The lowest BCUT2D eigenvalue weighted by molar-refractivity contribution is 0.160. The molecule has 1 saturated heterocycles. The van der Waals surface area contributed by atoms with Gasteiger partial charge in [0, 0.05) is 38.4 Å². The van der Waals surface area contributed by atoms with Gasteiger partial charge >= 0.3 is 6.03 Å². The molecule has 3 aromatic rings. The van der Waals surface area contributed by atoms with Crippen LogP contribution in [0.5, 0.6) is 0 Å². The van der Waals surface area contributed by atoms with E-state index in [1.807, 2.05) is 43.3 Å². The van der Waals surface area contributed by atoms with Gasteiger partial charge in [-0.3, -0.25) is 5.32 Å². The van der Waals surface area contributed by atoms with Crippen LogP contribution in [0.15, 0.2) is 66.7 Å². The topological polar surface area (TPSA) is 85.4 Å². The standard InChI is InChI=1S/C13H19NO.C12H14N4O/c1-15-10-9-14-8-7-13(11-14)12-5-3-2-4-6-12;1-2-16-11(14-12(13)17)8-10(15-16)9-6-4-3-5-7-9/h2-6,13H,7-11H2,1H3;3-8H,2H2,1H3,(H3,13,14,17)/t13-;/m0./s1. The number of nitrogens with two attached hydrogens (primary N) is 1. The van der Waals surface area contributed by atoms with Gasteiger partial charge < -0.3 is 15.4 Å². The minimum Gasteiger partial charge on any atom is -0.383 e. The lowest BCUT2D eigenvalue weighted by Crippen LogP contribution is -2.24. The van der Waals surface area contributed by atoms with E-state index in [-0.39, 0.29) is 0 Å². The number of primary amides is 1. The zero-order valence-electron chi connectivity index (χ0n) is 18.9. The maximum Gasteiger partial charge on any atom is 0.317 e. The fourth-order valence-corrected chi connectivity index (χ4v) is 3.89. The van der Waals surface area contributed by atoms with Crippen LogP contribution >= 0.6 is 0 Å². The molecule has 0 aliphatic carbocycles. The minimum absolute atomic E-state index is 0.584. The van der Waals surface area contributed by atoms with E-state index in [1.54, 1.807) is 11.8 Å². The van der Waals surface area contributed by atoms with Gasteiger partial charge in [-0.2, -0.15) is 5.10 Å². The zero-order chi connectivity index (χ0) is 22.8. The number of rotatable bonds is 7. The number of aryl methyl sites for hydroxylation is 1. The summed E-state index contributed by atoms with van der Waals surface area (Å²) >= 11 is 0. The van der Waals surface area contributed by atoms with Crippen molar-refractivity contribution in [3.8, 4) is 11.3 Å². The molecule has 0 spiro atoms. The molecule has 0 saturated carbocycles. The van der Waals surface area contributed by atoms with Crippen molar-refractivity contribution in [1.82, 2.24) is 14.7 Å². The predicted octanol–water partition coefficient (Wildman–Crippen LogP) is 4.18. The van der Waals surface area contributed by atoms with Crippen LogP contribution in [0.4, 0.5) is 10.6 Å². The van der Waals surface area contributed by atoms with E-state index in [0.29, 0.717) is 12.4 Å². The SMILES string of the molecule is CCn1nc(-c2ccccc2)cc1NC(N)=O.COCCN1CC[C@H](c2ccccc2)C1. The molecule has 4 rings (SSSR count). The Morgan fingerprint density at radius 2 is 1.84 bits per heavy atom. The number of nitrogens with zero attached hydrogens (tertiary/aromatic N) is 3. The molecule has 32 heavy (non-hydrogen) atoms. The molecule has 0 bridgehead atoms. The first-order valence-electron chi connectivity index (χ1n) is 11.1. The normalized spacial score (nSPS) is 15.8. The summed E-state index contributed by atoms with van der Waals surface area (Å²) in [6.45, 7) is 6.94. The van der Waals surface area contributed by atoms with Gasteiger partial charge in [-0.15, -0.1) is 0 Å². The zero-order valence-corrected chi connectivity index (χ0v) is 18.9. The molecule has 7 nitrogen and oxygen atoms in total. The molecular weight excluding hydrogens is 402 g/mol. The van der Waals surface area contributed by atoms with Crippen molar-refractivity contribution < 1.29 is 9.53 Å². The highest BCUT2D eigenvalue weighted by Crippen LogP contribution is 2.26. The molecule has 2 amide bonds. The third-order valence-corrected chi connectivity index (χ3v) is 5.56. The van der Waals surface area contributed by atoms with Crippen LogP contribution in [0, 0.1) is 0 Å². The highest BCUT2D eigenvalue weighted by molar-refractivity contribution is 5.87. The highest BCUT2D eigenvalue weighted by atomic mass is 16.5. The van der Waals surface area contributed by atoms with E-state index in [1.165, 1.54) is 25.1 Å².